The molecule has 1 aromatic heterocycles. The molecule has 0 radical (unpaired) electrons. The fourth-order valence-electron chi connectivity index (χ4n) is 1.87. The first-order valence-electron chi connectivity index (χ1n) is 6.46. The Morgan fingerprint density at radius 3 is 2.80 bits per heavy atom. The number of hydrogen-bond acceptors (Lipinski definition) is 4. The molecule has 0 saturated heterocycles. The Labute approximate surface area is 121 Å². The van der Waals surface area contributed by atoms with Crippen LogP contribution in [0.2, 0.25) is 0 Å². The van der Waals surface area contributed by atoms with Crippen molar-refractivity contribution in [2.75, 3.05) is 0 Å². The van der Waals surface area contributed by atoms with Gasteiger partial charge in [0.1, 0.15) is 6.29 Å². The summed E-state index contributed by atoms with van der Waals surface area (Å²) in [7, 11) is 0. The van der Waals surface area contributed by atoms with Crippen molar-refractivity contribution in [1.29, 1.82) is 0 Å². The third-order valence-electron chi connectivity index (χ3n) is 2.86. The van der Waals surface area contributed by atoms with Crippen LogP contribution in [-0.4, -0.2) is 16.3 Å². The van der Waals surface area contributed by atoms with E-state index in [0.29, 0.717) is 10.7 Å². The van der Waals surface area contributed by atoms with Crippen molar-refractivity contribution in [3.63, 3.8) is 0 Å². The van der Waals surface area contributed by atoms with Gasteiger partial charge in [-0.3, -0.25) is 9.59 Å². The van der Waals surface area contributed by atoms with Gasteiger partial charge in [-0.25, -0.2) is 4.98 Å². The van der Waals surface area contributed by atoms with Crippen LogP contribution in [0.4, 0.5) is 0 Å². The highest BCUT2D eigenvalue weighted by atomic mass is 32.2. The van der Waals surface area contributed by atoms with Gasteiger partial charge in [-0.15, -0.1) is 0 Å². The topological polar surface area (TPSA) is 62.8 Å². The van der Waals surface area contributed by atoms with Crippen molar-refractivity contribution in [3.05, 3.63) is 51.4 Å². The van der Waals surface area contributed by atoms with E-state index in [1.54, 1.807) is 6.07 Å². The SMILES string of the molecule is CCCc1cc(=O)[nH]c(Sc2ccc(C=O)c(C)c2)n1. The van der Waals surface area contributed by atoms with Crippen LogP contribution in [-0.2, 0) is 6.42 Å². The molecule has 20 heavy (non-hydrogen) atoms. The van der Waals surface area contributed by atoms with E-state index < -0.39 is 0 Å². The summed E-state index contributed by atoms with van der Waals surface area (Å²) in [5.74, 6) is 0. The molecule has 2 rings (SSSR count). The van der Waals surface area contributed by atoms with Crippen LogP contribution in [0.5, 0.6) is 0 Å². The second-order valence-electron chi connectivity index (χ2n) is 4.53. The van der Waals surface area contributed by atoms with Crippen molar-refractivity contribution in [3.8, 4) is 0 Å². The van der Waals surface area contributed by atoms with Crippen molar-refractivity contribution < 1.29 is 4.79 Å². The molecule has 1 aromatic carbocycles. The van der Waals surface area contributed by atoms with Gasteiger partial charge in [0.15, 0.2) is 5.16 Å². The summed E-state index contributed by atoms with van der Waals surface area (Å²) in [6, 6.07) is 7.09. The first kappa shape index (κ1) is 14.5. The average molecular weight is 288 g/mol. The maximum absolute atomic E-state index is 11.6. The third-order valence-corrected chi connectivity index (χ3v) is 3.74. The number of benzene rings is 1. The zero-order chi connectivity index (χ0) is 14.5. The van der Waals surface area contributed by atoms with E-state index in [1.165, 1.54) is 17.8 Å². The lowest BCUT2D eigenvalue weighted by Crippen LogP contribution is -2.09. The van der Waals surface area contributed by atoms with Gasteiger partial charge in [-0.1, -0.05) is 31.2 Å². The van der Waals surface area contributed by atoms with Gasteiger partial charge in [0.2, 0.25) is 0 Å². The van der Waals surface area contributed by atoms with Crippen LogP contribution in [0.1, 0.15) is 35.0 Å². The number of nitrogens with one attached hydrogen (secondary N) is 1. The molecule has 4 nitrogen and oxygen atoms in total. The summed E-state index contributed by atoms with van der Waals surface area (Å²) < 4.78 is 0. The van der Waals surface area contributed by atoms with Crippen LogP contribution >= 0.6 is 11.8 Å². The van der Waals surface area contributed by atoms with Gasteiger partial charge in [0.05, 0.1) is 0 Å². The van der Waals surface area contributed by atoms with E-state index in [-0.39, 0.29) is 5.56 Å². The lowest BCUT2D eigenvalue weighted by molar-refractivity contribution is 0.112. The van der Waals surface area contributed by atoms with Crippen LogP contribution < -0.4 is 5.56 Å². The summed E-state index contributed by atoms with van der Waals surface area (Å²) in [6.07, 6.45) is 2.58. The Balaban J connectivity index is 2.27. The molecule has 5 heteroatoms. The van der Waals surface area contributed by atoms with Gasteiger partial charge < -0.3 is 4.98 Å². The minimum absolute atomic E-state index is 0.132. The Bertz CT molecular complexity index is 680. The smallest absolute Gasteiger partial charge is 0.251 e. The Hall–Kier alpha value is -1.88. The van der Waals surface area contributed by atoms with E-state index in [9.17, 15) is 9.59 Å². The fourth-order valence-corrected chi connectivity index (χ4v) is 2.78. The molecule has 0 spiro atoms. The molecular formula is C15H16N2O2S. The summed E-state index contributed by atoms with van der Waals surface area (Å²) in [6.45, 7) is 3.94. The summed E-state index contributed by atoms with van der Waals surface area (Å²) in [4.78, 5) is 30.5. The van der Waals surface area contributed by atoms with Gasteiger partial charge in [0.25, 0.3) is 5.56 Å². The number of H-pyrrole nitrogens is 1. The molecule has 0 aliphatic rings. The molecule has 0 aliphatic carbocycles. The maximum Gasteiger partial charge on any atom is 0.251 e. The molecule has 2 aromatic rings. The largest absolute Gasteiger partial charge is 0.301 e. The molecule has 0 saturated carbocycles. The number of carbonyl (C=O) groups is 1. The molecule has 0 aliphatic heterocycles. The minimum atomic E-state index is -0.132. The molecule has 104 valence electrons. The molecule has 1 N–H and O–H groups in total. The number of aromatic amines is 1. The average Bonchev–Trinajstić information content (AvgIpc) is 2.38. The van der Waals surface area contributed by atoms with Crippen LogP contribution in [0.15, 0.2) is 39.1 Å². The highest BCUT2D eigenvalue weighted by Crippen LogP contribution is 2.25. The number of aromatic nitrogens is 2. The molecule has 0 atom stereocenters. The minimum Gasteiger partial charge on any atom is -0.301 e. The number of carbonyl (C=O) groups excluding carboxylic acids is 1. The van der Waals surface area contributed by atoms with Crippen LogP contribution in [0.25, 0.3) is 0 Å². The number of rotatable bonds is 5. The lowest BCUT2D eigenvalue weighted by atomic mass is 10.1. The zero-order valence-electron chi connectivity index (χ0n) is 11.5. The zero-order valence-corrected chi connectivity index (χ0v) is 12.3. The highest BCUT2D eigenvalue weighted by molar-refractivity contribution is 7.99. The first-order chi connectivity index (χ1) is 9.62. The predicted octanol–water partition coefficient (Wildman–Crippen LogP) is 2.99. The Morgan fingerprint density at radius 2 is 2.15 bits per heavy atom. The third kappa shape index (κ3) is 3.57. The normalized spacial score (nSPS) is 10.5. The van der Waals surface area contributed by atoms with Crippen molar-refractivity contribution in [2.24, 2.45) is 0 Å². The van der Waals surface area contributed by atoms with E-state index >= 15 is 0 Å². The number of nitrogens with zero attached hydrogens (tertiary/aromatic N) is 1. The van der Waals surface area contributed by atoms with Crippen LogP contribution in [0, 0.1) is 6.92 Å². The molecule has 0 bridgehead atoms. The quantitative estimate of drug-likeness (QED) is 0.678. The fraction of sp³-hybridized carbons (Fsp3) is 0.267. The molecule has 0 unspecified atom stereocenters. The number of aryl methyl sites for hydroxylation is 2. The summed E-state index contributed by atoms with van der Waals surface area (Å²) in [5, 5.41) is 0.583. The van der Waals surface area contributed by atoms with Gasteiger partial charge in [-0.05, 0) is 31.0 Å². The Morgan fingerprint density at radius 1 is 1.35 bits per heavy atom. The predicted molar refractivity (Wildman–Crippen MR) is 79.5 cm³/mol. The van der Waals surface area contributed by atoms with Gasteiger partial charge in [-0.2, -0.15) is 0 Å². The lowest BCUT2D eigenvalue weighted by Gasteiger charge is -2.05. The second kappa shape index (κ2) is 6.52. The van der Waals surface area contributed by atoms with E-state index in [4.69, 9.17) is 0 Å². The molecule has 0 amide bonds. The standard InChI is InChI=1S/C15H16N2O2S/c1-3-4-12-8-14(19)17-15(16-12)20-13-6-5-11(9-18)10(2)7-13/h5-9H,3-4H2,1-2H3,(H,16,17,19). The molecule has 0 fully saturated rings. The van der Waals surface area contributed by atoms with Crippen LogP contribution in [0.3, 0.4) is 0 Å². The molecule has 1 heterocycles. The maximum atomic E-state index is 11.6. The molecular weight excluding hydrogens is 272 g/mol. The van der Waals surface area contributed by atoms with Crippen molar-refractivity contribution >= 4 is 18.0 Å². The van der Waals surface area contributed by atoms with Crippen molar-refractivity contribution in [1.82, 2.24) is 9.97 Å². The summed E-state index contributed by atoms with van der Waals surface area (Å²) >= 11 is 1.39. The number of aldehydes is 1. The van der Waals surface area contributed by atoms with Gasteiger partial charge >= 0.3 is 0 Å². The highest BCUT2D eigenvalue weighted by Gasteiger charge is 2.05. The van der Waals surface area contributed by atoms with Crippen molar-refractivity contribution in [2.45, 2.75) is 36.7 Å². The van der Waals surface area contributed by atoms with E-state index in [0.717, 1.165) is 35.3 Å². The first-order valence-corrected chi connectivity index (χ1v) is 7.28. The number of hydrogen-bond donors (Lipinski definition) is 1. The Kier molecular flexibility index (Phi) is 4.74. The monoisotopic (exact) mass is 288 g/mol. The van der Waals surface area contributed by atoms with Gasteiger partial charge in [0, 0.05) is 22.2 Å². The second-order valence-corrected chi connectivity index (χ2v) is 5.59. The van der Waals surface area contributed by atoms with E-state index in [1.807, 2.05) is 19.1 Å². The van der Waals surface area contributed by atoms with E-state index in [2.05, 4.69) is 16.9 Å². The summed E-state index contributed by atoms with van der Waals surface area (Å²) in [5.41, 5.74) is 2.26.